The Morgan fingerprint density at radius 1 is 1.31 bits per heavy atom. The van der Waals surface area contributed by atoms with Crippen molar-refractivity contribution in [1.82, 2.24) is 20.1 Å². The van der Waals surface area contributed by atoms with Gasteiger partial charge >= 0.3 is 0 Å². The van der Waals surface area contributed by atoms with Crippen LogP contribution in [0.2, 0.25) is 0 Å². The molecule has 4 rings (SSSR count). The normalized spacial score (nSPS) is 15.9. The number of hydrogen-bond acceptors (Lipinski definition) is 7. The Hall–Kier alpha value is -3.07. The van der Waals surface area contributed by atoms with Crippen LogP contribution in [-0.4, -0.2) is 44.8 Å². The highest BCUT2D eigenvalue weighted by atomic mass is 32.2. The van der Waals surface area contributed by atoms with Crippen LogP contribution >= 0.6 is 11.8 Å². The average molecular weight is 412 g/mol. The fraction of sp³-hybridized carbons (Fsp3) is 0.300. The Kier molecular flexibility index (Phi) is 5.95. The molecule has 1 fully saturated rings. The van der Waals surface area contributed by atoms with Crippen molar-refractivity contribution in [3.8, 4) is 17.3 Å². The molecule has 1 aliphatic rings. The van der Waals surface area contributed by atoms with Crippen LogP contribution in [0.5, 0.6) is 5.88 Å². The summed E-state index contributed by atoms with van der Waals surface area (Å²) in [5.41, 5.74) is 0.743. The molecule has 1 aliphatic heterocycles. The van der Waals surface area contributed by atoms with E-state index in [-0.39, 0.29) is 30.7 Å². The van der Waals surface area contributed by atoms with Gasteiger partial charge in [-0.1, -0.05) is 0 Å². The minimum atomic E-state index is -0.268. The van der Waals surface area contributed by atoms with Crippen molar-refractivity contribution in [3.63, 3.8) is 0 Å². The Bertz CT molecular complexity index is 1010. The van der Waals surface area contributed by atoms with Gasteiger partial charge in [0.25, 0.3) is 11.5 Å². The molecule has 0 aliphatic carbocycles. The largest absolute Gasteiger partial charge is 0.473 e. The lowest BCUT2D eigenvalue weighted by Crippen LogP contribution is -2.32. The summed E-state index contributed by atoms with van der Waals surface area (Å²) in [6.45, 7) is 0.498. The van der Waals surface area contributed by atoms with E-state index in [9.17, 15) is 9.59 Å². The van der Waals surface area contributed by atoms with Gasteiger partial charge in [0.15, 0.2) is 5.76 Å². The van der Waals surface area contributed by atoms with Crippen LogP contribution in [0.1, 0.15) is 16.8 Å². The zero-order chi connectivity index (χ0) is 20.1. The quantitative estimate of drug-likeness (QED) is 0.635. The van der Waals surface area contributed by atoms with Gasteiger partial charge in [0.1, 0.15) is 11.8 Å². The molecule has 1 atom stereocenters. The summed E-state index contributed by atoms with van der Waals surface area (Å²) < 4.78 is 12.4. The summed E-state index contributed by atoms with van der Waals surface area (Å²) in [7, 11) is 0. The highest BCUT2D eigenvalue weighted by Crippen LogP contribution is 2.22. The maximum atomic E-state index is 12.3. The van der Waals surface area contributed by atoms with Gasteiger partial charge in [0, 0.05) is 30.6 Å². The second-order valence-electron chi connectivity index (χ2n) is 6.50. The molecule has 3 aromatic rings. The first-order chi connectivity index (χ1) is 14.2. The SMILES string of the molecule is O=C(NCCn1nc(-c2ccco2)ccc1=O)c1ccc(O[C@H]2CCSC2)nc1. The van der Waals surface area contributed by atoms with Gasteiger partial charge in [-0.25, -0.2) is 9.67 Å². The molecule has 0 bridgehead atoms. The standard InChI is InChI=1S/C20H20N4O4S/c25-19-6-4-16(17-2-1-10-27-17)23-24(19)9-8-21-20(26)14-3-5-18(22-12-14)28-15-7-11-29-13-15/h1-6,10,12,15H,7-9,11,13H2,(H,21,26)/t15-/m0/s1. The molecule has 9 heteroatoms. The van der Waals surface area contributed by atoms with E-state index in [1.54, 1.807) is 36.6 Å². The highest BCUT2D eigenvalue weighted by Gasteiger charge is 2.17. The van der Waals surface area contributed by atoms with E-state index in [0.717, 1.165) is 17.9 Å². The number of rotatable bonds is 7. The molecule has 0 unspecified atom stereocenters. The van der Waals surface area contributed by atoms with Crippen LogP contribution in [0.3, 0.4) is 0 Å². The van der Waals surface area contributed by atoms with Crippen molar-refractivity contribution in [2.75, 3.05) is 18.1 Å². The summed E-state index contributed by atoms with van der Waals surface area (Å²) in [5, 5.41) is 7.05. The van der Waals surface area contributed by atoms with Crippen molar-refractivity contribution < 1.29 is 13.9 Å². The molecule has 0 spiro atoms. The smallest absolute Gasteiger partial charge is 0.266 e. The molecule has 0 radical (unpaired) electrons. The van der Waals surface area contributed by atoms with E-state index >= 15 is 0 Å². The van der Waals surface area contributed by atoms with Gasteiger partial charge < -0.3 is 14.5 Å². The third kappa shape index (κ3) is 4.86. The number of furan rings is 1. The van der Waals surface area contributed by atoms with Gasteiger partial charge in [-0.05, 0) is 36.4 Å². The van der Waals surface area contributed by atoms with Crippen LogP contribution < -0.4 is 15.6 Å². The van der Waals surface area contributed by atoms with Gasteiger partial charge in [0.05, 0.1) is 18.4 Å². The molecule has 1 amide bonds. The van der Waals surface area contributed by atoms with Crippen molar-refractivity contribution in [3.05, 3.63) is 64.8 Å². The summed E-state index contributed by atoms with van der Waals surface area (Å²) in [4.78, 5) is 28.5. The second-order valence-corrected chi connectivity index (χ2v) is 7.65. The van der Waals surface area contributed by atoms with Crippen LogP contribution in [0.25, 0.3) is 11.5 Å². The van der Waals surface area contributed by atoms with E-state index in [4.69, 9.17) is 9.15 Å². The Balaban J connectivity index is 1.32. The average Bonchev–Trinajstić information content (AvgIpc) is 3.44. The maximum Gasteiger partial charge on any atom is 0.266 e. The minimum Gasteiger partial charge on any atom is -0.473 e. The maximum absolute atomic E-state index is 12.3. The molecular formula is C20H20N4O4S. The molecule has 0 aromatic carbocycles. The predicted octanol–water partition coefficient (Wildman–Crippen LogP) is 2.21. The molecule has 8 nitrogen and oxygen atoms in total. The Labute approximate surface area is 171 Å². The fourth-order valence-electron chi connectivity index (χ4n) is 2.90. The molecule has 3 aromatic heterocycles. The van der Waals surface area contributed by atoms with Crippen molar-refractivity contribution in [2.24, 2.45) is 0 Å². The number of amides is 1. The summed E-state index contributed by atoms with van der Waals surface area (Å²) >= 11 is 1.87. The van der Waals surface area contributed by atoms with Crippen LogP contribution in [0.15, 0.2) is 58.1 Å². The topological polar surface area (TPSA) is 99.2 Å². The van der Waals surface area contributed by atoms with E-state index in [0.29, 0.717) is 22.9 Å². The van der Waals surface area contributed by atoms with E-state index in [2.05, 4.69) is 15.4 Å². The predicted molar refractivity (Wildman–Crippen MR) is 109 cm³/mol. The van der Waals surface area contributed by atoms with Gasteiger partial charge in [0.2, 0.25) is 5.88 Å². The summed E-state index contributed by atoms with van der Waals surface area (Å²) in [6.07, 6.45) is 4.25. The van der Waals surface area contributed by atoms with Gasteiger partial charge in [-0.2, -0.15) is 16.9 Å². The zero-order valence-corrected chi connectivity index (χ0v) is 16.4. The lowest BCUT2D eigenvalue weighted by atomic mass is 10.2. The summed E-state index contributed by atoms with van der Waals surface area (Å²) in [5.74, 6) is 2.91. The number of hydrogen-bond donors (Lipinski definition) is 1. The van der Waals surface area contributed by atoms with E-state index < -0.39 is 0 Å². The third-order valence-corrected chi connectivity index (χ3v) is 5.56. The summed E-state index contributed by atoms with van der Waals surface area (Å²) in [6, 6.07) is 9.95. The molecule has 1 saturated heterocycles. The van der Waals surface area contributed by atoms with Crippen LogP contribution in [0.4, 0.5) is 0 Å². The molecule has 4 heterocycles. The number of thioether (sulfide) groups is 1. The van der Waals surface area contributed by atoms with Crippen molar-refractivity contribution in [1.29, 1.82) is 0 Å². The number of nitrogens with one attached hydrogen (secondary N) is 1. The van der Waals surface area contributed by atoms with E-state index in [1.807, 2.05) is 11.8 Å². The zero-order valence-electron chi connectivity index (χ0n) is 15.6. The number of aromatic nitrogens is 3. The monoisotopic (exact) mass is 412 g/mol. The number of nitrogens with zero attached hydrogens (tertiary/aromatic N) is 3. The van der Waals surface area contributed by atoms with Crippen molar-refractivity contribution in [2.45, 2.75) is 19.1 Å². The first-order valence-electron chi connectivity index (χ1n) is 9.30. The van der Waals surface area contributed by atoms with Gasteiger partial charge in [-0.3, -0.25) is 9.59 Å². The third-order valence-electron chi connectivity index (χ3n) is 4.42. The highest BCUT2D eigenvalue weighted by molar-refractivity contribution is 7.99. The minimum absolute atomic E-state index is 0.190. The number of carbonyl (C=O) groups is 1. The Morgan fingerprint density at radius 3 is 2.97 bits per heavy atom. The molecule has 1 N–H and O–H groups in total. The first-order valence-corrected chi connectivity index (χ1v) is 10.5. The Morgan fingerprint density at radius 2 is 2.24 bits per heavy atom. The first kappa shape index (κ1) is 19.3. The van der Waals surface area contributed by atoms with Crippen molar-refractivity contribution >= 4 is 17.7 Å². The van der Waals surface area contributed by atoms with Gasteiger partial charge in [-0.15, -0.1) is 0 Å². The molecule has 0 saturated carbocycles. The fourth-order valence-corrected chi connectivity index (χ4v) is 4.00. The molecule has 150 valence electrons. The molecular weight excluding hydrogens is 392 g/mol. The van der Waals surface area contributed by atoms with E-state index in [1.165, 1.54) is 16.9 Å². The lowest BCUT2D eigenvalue weighted by molar-refractivity contribution is 0.0951. The second kappa shape index (κ2) is 8.95. The number of carbonyl (C=O) groups excluding carboxylic acids is 1. The number of ether oxygens (including phenoxy) is 1. The molecule has 29 heavy (non-hydrogen) atoms. The number of pyridine rings is 1. The van der Waals surface area contributed by atoms with Crippen LogP contribution in [0, 0.1) is 0 Å². The lowest BCUT2D eigenvalue weighted by Gasteiger charge is -2.11. The van der Waals surface area contributed by atoms with Crippen LogP contribution in [-0.2, 0) is 6.54 Å².